The predicted octanol–water partition coefficient (Wildman–Crippen LogP) is 17.5. The Bertz CT molecular complexity index is 1920. The van der Waals surface area contributed by atoms with E-state index >= 15 is 0 Å². The molecule has 552 valence electrons. The molecule has 2 aliphatic rings. The summed E-state index contributed by atoms with van der Waals surface area (Å²) in [5, 5.41) is 87.6. The molecule has 2 fully saturated rings. The lowest BCUT2D eigenvalue weighted by molar-refractivity contribution is -0.359. The van der Waals surface area contributed by atoms with Crippen LogP contribution >= 0.6 is 0 Å². The van der Waals surface area contributed by atoms with Crippen molar-refractivity contribution in [2.24, 2.45) is 0 Å². The first-order valence-electron chi connectivity index (χ1n) is 39.3. The molecule has 2 saturated heterocycles. The Morgan fingerprint density at radius 3 is 1.16 bits per heavy atom. The van der Waals surface area contributed by atoms with Crippen molar-refractivity contribution in [1.29, 1.82) is 0 Å². The van der Waals surface area contributed by atoms with Crippen molar-refractivity contribution < 1.29 is 64.6 Å². The van der Waals surface area contributed by atoms with Gasteiger partial charge in [0, 0.05) is 6.42 Å². The molecular weight excluding hydrogens is 1190 g/mol. The van der Waals surface area contributed by atoms with Gasteiger partial charge in [-0.15, -0.1) is 0 Å². The number of amides is 1. The van der Waals surface area contributed by atoms with Gasteiger partial charge >= 0.3 is 0 Å². The molecule has 2 aliphatic heterocycles. The fraction of sp³-hybridized carbons (Fsp3) is 0.815. The zero-order chi connectivity index (χ0) is 68.7. The van der Waals surface area contributed by atoms with Crippen LogP contribution in [0.25, 0.3) is 0 Å². The van der Waals surface area contributed by atoms with Gasteiger partial charge in [-0.05, 0) is 83.5 Å². The third kappa shape index (κ3) is 47.8. The van der Waals surface area contributed by atoms with Gasteiger partial charge in [0.1, 0.15) is 48.8 Å². The molecule has 1 amide bonds. The summed E-state index contributed by atoms with van der Waals surface area (Å²) in [6, 6.07) is -0.944. The highest BCUT2D eigenvalue weighted by Gasteiger charge is 2.51. The molecule has 0 spiro atoms. The average Bonchev–Trinajstić information content (AvgIpc) is 0.801. The van der Waals surface area contributed by atoms with E-state index < -0.39 is 86.8 Å². The summed E-state index contributed by atoms with van der Waals surface area (Å²) < 4.78 is 22.9. The number of carbonyl (C=O) groups excluding carboxylic acids is 1. The van der Waals surface area contributed by atoms with Crippen LogP contribution < -0.4 is 5.32 Å². The van der Waals surface area contributed by atoms with Gasteiger partial charge in [-0.3, -0.25) is 4.79 Å². The first kappa shape index (κ1) is 88.3. The number of ether oxygens (including phenoxy) is 4. The largest absolute Gasteiger partial charge is 0.394 e. The Hall–Kier alpha value is -2.83. The van der Waals surface area contributed by atoms with Crippen LogP contribution in [0.3, 0.4) is 0 Å². The molecule has 0 saturated carbocycles. The maximum absolute atomic E-state index is 13.4. The smallest absolute Gasteiger partial charge is 0.220 e. The Morgan fingerprint density at radius 1 is 0.389 bits per heavy atom. The lowest BCUT2D eigenvalue weighted by Gasteiger charge is -2.46. The molecule has 0 aromatic rings. The fourth-order valence-electron chi connectivity index (χ4n) is 12.6. The van der Waals surface area contributed by atoms with E-state index in [1.807, 2.05) is 6.08 Å². The minimum atomic E-state index is -1.80. The highest BCUT2D eigenvalue weighted by molar-refractivity contribution is 5.76. The standard InChI is InChI=1S/C81H145NO13/c1-3-5-7-9-11-13-15-17-19-21-23-25-27-29-31-33-34-35-37-38-40-42-44-46-48-50-52-54-56-58-60-62-64-70(85)69(68-92-80-78(91)76(89)79(72(67-84)94-80)95-81-77(90)75(88)74(87)71(66-83)93-81)82-73(86)65-63-61-59-57-55-53-51-49-47-45-43-41-39-36-32-30-28-26-24-22-20-18-16-14-12-10-8-6-4-2/h6,8,12,14,18,20,24,26,46,48,54,56,62,64,69-72,74-81,83-85,87-91H,3-5,7,9-11,13,15-17,19,21-23,25,27-45,47,49-53,55,57-61,63,65-68H2,1-2H3,(H,82,86)/b8-6-,14-12-,20-18-,26-24-,48-46+,56-54+,64-62+. The molecule has 12 unspecified atom stereocenters. The number of allylic oxidation sites excluding steroid dienone is 13. The molecule has 2 heterocycles. The maximum Gasteiger partial charge on any atom is 0.220 e. The zero-order valence-corrected chi connectivity index (χ0v) is 60.4. The first-order valence-corrected chi connectivity index (χ1v) is 39.3. The van der Waals surface area contributed by atoms with Gasteiger partial charge < -0.3 is 65.1 Å². The summed E-state index contributed by atoms with van der Waals surface area (Å²) >= 11 is 0. The molecule has 0 aliphatic carbocycles. The van der Waals surface area contributed by atoms with Gasteiger partial charge in [-0.2, -0.15) is 0 Å². The lowest BCUT2D eigenvalue weighted by Crippen LogP contribution is -2.65. The molecule has 14 heteroatoms. The number of rotatable bonds is 65. The third-order valence-corrected chi connectivity index (χ3v) is 18.8. The summed E-state index contributed by atoms with van der Waals surface area (Å²) in [4.78, 5) is 13.4. The first-order chi connectivity index (χ1) is 46.6. The second-order valence-electron chi connectivity index (χ2n) is 27.4. The topological polar surface area (TPSA) is 228 Å². The van der Waals surface area contributed by atoms with Crippen molar-refractivity contribution in [1.82, 2.24) is 5.32 Å². The van der Waals surface area contributed by atoms with Crippen LogP contribution in [-0.2, 0) is 23.7 Å². The number of aliphatic hydroxyl groups excluding tert-OH is 8. The van der Waals surface area contributed by atoms with E-state index in [9.17, 15) is 45.6 Å². The molecular formula is C81H145NO13. The van der Waals surface area contributed by atoms with E-state index in [2.05, 4.69) is 92.1 Å². The van der Waals surface area contributed by atoms with Crippen LogP contribution in [0.2, 0.25) is 0 Å². The van der Waals surface area contributed by atoms with Crippen molar-refractivity contribution >= 4 is 5.91 Å². The number of hydrogen-bond acceptors (Lipinski definition) is 13. The summed E-state index contributed by atoms with van der Waals surface area (Å²) in [6.07, 6.45) is 73.8. The van der Waals surface area contributed by atoms with Gasteiger partial charge in [0.15, 0.2) is 12.6 Å². The van der Waals surface area contributed by atoms with E-state index in [0.717, 1.165) is 70.6 Å². The van der Waals surface area contributed by atoms with Gasteiger partial charge in [-0.1, -0.05) is 324 Å². The van der Waals surface area contributed by atoms with Crippen LogP contribution in [-0.4, -0.2) is 140 Å². The van der Waals surface area contributed by atoms with Crippen LogP contribution in [0.5, 0.6) is 0 Å². The second kappa shape index (κ2) is 64.5. The lowest BCUT2D eigenvalue weighted by atomic mass is 9.97. The van der Waals surface area contributed by atoms with E-state index in [0.29, 0.717) is 12.8 Å². The van der Waals surface area contributed by atoms with Crippen molar-refractivity contribution in [3.63, 3.8) is 0 Å². The van der Waals surface area contributed by atoms with Crippen molar-refractivity contribution in [2.45, 2.75) is 402 Å². The fourth-order valence-corrected chi connectivity index (χ4v) is 12.6. The third-order valence-electron chi connectivity index (χ3n) is 18.8. The molecule has 0 aromatic carbocycles. The molecule has 2 rings (SSSR count). The van der Waals surface area contributed by atoms with Crippen molar-refractivity contribution in [2.75, 3.05) is 19.8 Å². The Kier molecular flexibility index (Phi) is 60.0. The average molecular weight is 1340 g/mol. The van der Waals surface area contributed by atoms with Gasteiger partial charge in [-0.25, -0.2) is 0 Å². The van der Waals surface area contributed by atoms with E-state index in [4.69, 9.17) is 18.9 Å². The maximum atomic E-state index is 13.4. The SMILES string of the molecule is CC/C=C\C/C=C\C/C=C\C/C=C\CCCCCCCCCCCCCCCCCCC(=O)NC(COC1OC(CO)C(OC2OC(CO)C(O)C(O)C2O)C(O)C1O)C(O)/C=C/CC/C=C/CC/C=C/CCCCCCCCCCCCCCCCCCCCCCCC. The summed E-state index contributed by atoms with van der Waals surface area (Å²) in [5.74, 6) is -0.252. The molecule has 0 bridgehead atoms. The van der Waals surface area contributed by atoms with Crippen molar-refractivity contribution in [3.8, 4) is 0 Å². The van der Waals surface area contributed by atoms with Gasteiger partial charge in [0.25, 0.3) is 0 Å². The molecule has 14 nitrogen and oxygen atoms in total. The predicted molar refractivity (Wildman–Crippen MR) is 392 cm³/mol. The Morgan fingerprint density at radius 2 is 0.737 bits per heavy atom. The number of nitrogens with one attached hydrogen (secondary N) is 1. The summed E-state index contributed by atoms with van der Waals surface area (Å²) in [6.45, 7) is 2.70. The van der Waals surface area contributed by atoms with E-state index in [-0.39, 0.29) is 18.9 Å². The minimum absolute atomic E-state index is 0.252. The Balaban J connectivity index is 1.65. The van der Waals surface area contributed by atoms with Crippen LogP contribution in [0.4, 0.5) is 0 Å². The second-order valence-corrected chi connectivity index (χ2v) is 27.4. The monoisotopic (exact) mass is 1340 g/mol. The minimum Gasteiger partial charge on any atom is -0.394 e. The van der Waals surface area contributed by atoms with Crippen LogP contribution in [0, 0.1) is 0 Å². The molecule has 9 N–H and O–H groups in total. The van der Waals surface area contributed by atoms with Gasteiger partial charge in [0.2, 0.25) is 5.91 Å². The molecule has 0 radical (unpaired) electrons. The molecule has 95 heavy (non-hydrogen) atoms. The molecule has 0 aromatic heterocycles. The highest BCUT2D eigenvalue weighted by atomic mass is 16.7. The highest BCUT2D eigenvalue weighted by Crippen LogP contribution is 2.30. The zero-order valence-electron chi connectivity index (χ0n) is 60.4. The Labute approximate surface area is 580 Å². The number of carbonyl (C=O) groups is 1. The van der Waals surface area contributed by atoms with Crippen molar-refractivity contribution in [3.05, 3.63) is 85.1 Å². The van der Waals surface area contributed by atoms with E-state index in [1.54, 1.807) is 6.08 Å². The summed E-state index contributed by atoms with van der Waals surface area (Å²) in [7, 11) is 0. The quantitative estimate of drug-likeness (QED) is 0.0204. The van der Waals surface area contributed by atoms with Gasteiger partial charge in [0.05, 0.1) is 32.0 Å². The van der Waals surface area contributed by atoms with E-state index in [1.165, 1.54) is 225 Å². The normalized spacial score (nSPS) is 22.8. The van der Waals surface area contributed by atoms with Crippen LogP contribution in [0.15, 0.2) is 85.1 Å². The van der Waals surface area contributed by atoms with Crippen LogP contribution in [0.1, 0.15) is 328 Å². The summed E-state index contributed by atoms with van der Waals surface area (Å²) in [5.41, 5.74) is 0. The number of aliphatic hydroxyl groups is 8. The molecule has 12 atom stereocenters. The number of unbranched alkanes of at least 4 members (excludes halogenated alkanes) is 40. The number of hydrogen-bond donors (Lipinski definition) is 9.